The number of ether oxygens (including phenoxy) is 1. The molecule has 0 aliphatic heterocycles. The molecule has 0 atom stereocenters. The third-order valence-electron chi connectivity index (χ3n) is 3.05. The highest BCUT2D eigenvalue weighted by Crippen LogP contribution is 2.27. The van der Waals surface area contributed by atoms with Crippen LogP contribution in [0.5, 0.6) is 5.75 Å². The maximum Gasteiger partial charge on any atom is 0.201 e. The molecule has 5 heteroatoms. The predicted molar refractivity (Wildman–Crippen MR) is 82.9 cm³/mol. The van der Waals surface area contributed by atoms with Crippen LogP contribution in [0.4, 0.5) is 5.95 Å². The number of hydrogen-bond donors (Lipinski definition) is 1. The van der Waals surface area contributed by atoms with Gasteiger partial charge in [-0.1, -0.05) is 6.07 Å². The first-order valence-electron chi connectivity index (χ1n) is 6.64. The number of nitrogens with two attached hydrogens (primary N) is 1. The predicted octanol–water partition coefficient (Wildman–Crippen LogP) is 3.16. The lowest BCUT2D eigenvalue weighted by molar-refractivity contribution is 0.343. The molecule has 0 saturated carbocycles. The molecule has 0 saturated heterocycles. The molecular formula is C14H21N3OS. The van der Waals surface area contributed by atoms with E-state index in [0.717, 1.165) is 29.7 Å². The first-order valence-corrected chi connectivity index (χ1v) is 8.03. The summed E-state index contributed by atoms with van der Waals surface area (Å²) in [5.74, 6) is 2.58. The summed E-state index contributed by atoms with van der Waals surface area (Å²) in [6.07, 6.45) is 4.45. The highest BCUT2D eigenvalue weighted by Gasteiger charge is 2.11. The Morgan fingerprint density at radius 2 is 2.21 bits per heavy atom. The summed E-state index contributed by atoms with van der Waals surface area (Å²) in [6.45, 7) is 3.53. The lowest BCUT2D eigenvalue weighted by atomic mass is 10.2. The van der Waals surface area contributed by atoms with Crippen molar-refractivity contribution in [3.8, 4) is 5.75 Å². The standard InChI is InChI=1S/C14H21N3OS/c1-3-18-12-8-6-7-11-13(12)16-14(15)17(11)9-4-5-10-19-2/h6-8H,3-5,9-10H2,1-2H3,(H2,15,16). The van der Waals surface area contributed by atoms with Crippen LogP contribution in [-0.4, -0.2) is 28.2 Å². The largest absolute Gasteiger partial charge is 0.492 e. The van der Waals surface area contributed by atoms with Gasteiger partial charge in [-0.2, -0.15) is 11.8 Å². The van der Waals surface area contributed by atoms with Crippen molar-refractivity contribution in [3.63, 3.8) is 0 Å². The number of nitrogens with zero attached hydrogens (tertiary/aromatic N) is 2. The Bertz CT molecular complexity index is 539. The van der Waals surface area contributed by atoms with Crippen LogP contribution in [0.25, 0.3) is 11.0 Å². The fourth-order valence-corrected chi connectivity index (χ4v) is 2.66. The normalized spacial score (nSPS) is 11.1. The van der Waals surface area contributed by atoms with Gasteiger partial charge in [-0.05, 0) is 43.9 Å². The van der Waals surface area contributed by atoms with Crippen LogP contribution in [-0.2, 0) is 6.54 Å². The van der Waals surface area contributed by atoms with Crippen LogP contribution in [0.1, 0.15) is 19.8 Å². The van der Waals surface area contributed by atoms with Gasteiger partial charge in [-0.3, -0.25) is 0 Å². The van der Waals surface area contributed by atoms with E-state index in [1.807, 2.05) is 30.8 Å². The second-order valence-corrected chi connectivity index (χ2v) is 5.36. The van der Waals surface area contributed by atoms with Crippen molar-refractivity contribution >= 4 is 28.7 Å². The maximum atomic E-state index is 6.02. The van der Waals surface area contributed by atoms with E-state index in [0.29, 0.717) is 12.6 Å². The fourth-order valence-electron chi connectivity index (χ4n) is 2.16. The number of para-hydroxylation sites is 1. The van der Waals surface area contributed by atoms with Gasteiger partial charge in [0.1, 0.15) is 11.3 Å². The monoisotopic (exact) mass is 279 g/mol. The molecular weight excluding hydrogens is 258 g/mol. The quantitative estimate of drug-likeness (QED) is 0.791. The van der Waals surface area contributed by atoms with Crippen LogP contribution in [0, 0.1) is 0 Å². The van der Waals surface area contributed by atoms with Crippen molar-refractivity contribution in [1.29, 1.82) is 0 Å². The highest BCUT2D eigenvalue weighted by atomic mass is 32.2. The Labute approximate surface area is 118 Å². The molecule has 0 fully saturated rings. The van der Waals surface area contributed by atoms with Gasteiger partial charge in [0.25, 0.3) is 0 Å². The van der Waals surface area contributed by atoms with Gasteiger partial charge in [0.05, 0.1) is 12.1 Å². The molecule has 0 radical (unpaired) electrons. The molecule has 0 amide bonds. The molecule has 2 rings (SSSR count). The Morgan fingerprint density at radius 3 is 2.95 bits per heavy atom. The van der Waals surface area contributed by atoms with E-state index in [2.05, 4.69) is 21.9 Å². The molecule has 1 heterocycles. The lowest BCUT2D eigenvalue weighted by Crippen LogP contribution is -2.03. The average molecular weight is 279 g/mol. The number of aryl methyl sites for hydroxylation is 1. The molecule has 104 valence electrons. The van der Waals surface area contributed by atoms with Gasteiger partial charge in [-0.15, -0.1) is 0 Å². The highest BCUT2D eigenvalue weighted by molar-refractivity contribution is 7.98. The second-order valence-electron chi connectivity index (χ2n) is 4.38. The van der Waals surface area contributed by atoms with Gasteiger partial charge < -0.3 is 15.0 Å². The van der Waals surface area contributed by atoms with Crippen molar-refractivity contribution in [2.75, 3.05) is 24.3 Å². The van der Waals surface area contributed by atoms with E-state index in [4.69, 9.17) is 10.5 Å². The maximum absolute atomic E-state index is 6.02. The summed E-state index contributed by atoms with van der Waals surface area (Å²) in [4.78, 5) is 4.44. The number of fused-ring (bicyclic) bond motifs is 1. The minimum absolute atomic E-state index is 0.575. The zero-order valence-electron chi connectivity index (χ0n) is 11.6. The molecule has 0 aliphatic carbocycles. The zero-order chi connectivity index (χ0) is 13.7. The lowest BCUT2D eigenvalue weighted by Gasteiger charge is -2.07. The Kier molecular flexibility index (Phi) is 4.96. The molecule has 1 aromatic heterocycles. The molecule has 0 unspecified atom stereocenters. The average Bonchev–Trinajstić information content (AvgIpc) is 2.73. The Morgan fingerprint density at radius 1 is 1.37 bits per heavy atom. The molecule has 1 aromatic carbocycles. The number of anilines is 1. The summed E-state index contributed by atoms with van der Waals surface area (Å²) in [5.41, 5.74) is 7.95. The molecule has 19 heavy (non-hydrogen) atoms. The van der Waals surface area contributed by atoms with Crippen molar-refractivity contribution in [3.05, 3.63) is 18.2 Å². The van der Waals surface area contributed by atoms with Gasteiger partial charge in [0, 0.05) is 6.54 Å². The van der Waals surface area contributed by atoms with Crippen molar-refractivity contribution in [2.45, 2.75) is 26.3 Å². The van der Waals surface area contributed by atoms with E-state index < -0.39 is 0 Å². The number of hydrogen-bond acceptors (Lipinski definition) is 4. The topological polar surface area (TPSA) is 53.1 Å². The molecule has 4 nitrogen and oxygen atoms in total. The summed E-state index contributed by atoms with van der Waals surface area (Å²) < 4.78 is 7.68. The number of aromatic nitrogens is 2. The number of rotatable bonds is 7. The summed E-state index contributed by atoms with van der Waals surface area (Å²) in [5, 5.41) is 0. The molecule has 0 aliphatic rings. The van der Waals surface area contributed by atoms with E-state index in [-0.39, 0.29) is 0 Å². The minimum Gasteiger partial charge on any atom is -0.492 e. The molecule has 0 spiro atoms. The van der Waals surface area contributed by atoms with E-state index in [1.54, 1.807) is 0 Å². The third-order valence-corrected chi connectivity index (χ3v) is 3.75. The van der Waals surface area contributed by atoms with Crippen LogP contribution < -0.4 is 10.5 Å². The summed E-state index contributed by atoms with van der Waals surface area (Å²) in [6, 6.07) is 5.99. The molecule has 0 bridgehead atoms. The van der Waals surface area contributed by atoms with Crippen molar-refractivity contribution in [1.82, 2.24) is 9.55 Å². The number of imidazole rings is 1. The van der Waals surface area contributed by atoms with Crippen LogP contribution in [0.3, 0.4) is 0 Å². The van der Waals surface area contributed by atoms with Gasteiger partial charge in [-0.25, -0.2) is 4.98 Å². The first-order chi connectivity index (χ1) is 9.27. The van der Waals surface area contributed by atoms with Crippen LogP contribution >= 0.6 is 11.8 Å². The minimum atomic E-state index is 0.575. The van der Waals surface area contributed by atoms with Crippen molar-refractivity contribution in [2.24, 2.45) is 0 Å². The number of unbranched alkanes of at least 4 members (excludes halogenated alkanes) is 1. The number of nitrogen functional groups attached to an aromatic ring is 1. The van der Waals surface area contributed by atoms with Crippen LogP contribution in [0.2, 0.25) is 0 Å². The second kappa shape index (κ2) is 6.70. The smallest absolute Gasteiger partial charge is 0.201 e. The number of benzene rings is 1. The van der Waals surface area contributed by atoms with Gasteiger partial charge >= 0.3 is 0 Å². The summed E-state index contributed by atoms with van der Waals surface area (Å²) >= 11 is 1.88. The number of thioether (sulfide) groups is 1. The van der Waals surface area contributed by atoms with E-state index in [1.165, 1.54) is 12.2 Å². The van der Waals surface area contributed by atoms with Gasteiger partial charge in [0.2, 0.25) is 5.95 Å². The zero-order valence-corrected chi connectivity index (χ0v) is 12.4. The molecule has 2 N–H and O–H groups in total. The van der Waals surface area contributed by atoms with Crippen molar-refractivity contribution < 1.29 is 4.74 Å². The summed E-state index contributed by atoms with van der Waals surface area (Å²) in [7, 11) is 0. The Hall–Kier alpha value is -1.36. The van der Waals surface area contributed by atoms with Crippen LogP contribution in [0.15, 0.2) is 18.2 Å². The Balaban J connectivity index is 2.23. The SMILES string of the molecule is CCOc1cccc2c1nc(N)n2CCCCSC. The molecule has 2 aromatic rings. The van der Waals surface area contributed by atoms with Gasteiger partial charge in [0.15, 0.2) is 0 Å². The first kappa shape index (κ1) is 14.1. The van der Waals surface area contributed by atoms with E-state index in [9.17, 15) is 0 Å². The third kappa shape index (κ3) is 3.15. The fraction of sp³-hybridized carbons (Fsp3) is 0.500. The van der Waals surface area contributed by atoms with E-state index >= 15 is 0 Å².